The summed E-state index contributed by atoms with van der Waals surface area (Å²) in [6, 6.07) is 17.7. The Balaban J connectivity index is 1.96. The van der Waals surface area contributed by atoms with Crippen molar-refractivity contribution >= 4 is 28.9 Å². The highest BCUT2D eigenvalue weighted by molar-refractivity contribution is 6.05. The number of carbonyl (C=O) groups excluding carboxylic acids is 2. The summed E-state index contributed by atoms with van der Waals surface area (Å²) in [5.41, 5.74) is 3.77. The molecule has 1 N–H and O–H groups in total. The molecular formula is C27H31N3O3. The van der Waals surface area contributed by atoms with E-state index in [1.807, 2.05) is 54.2 Å². The van der Waals surface area contributed by atoms with Crippen molar-refractivity contribution in [1.82, 2.24) is 0 Å². The highest BCUT2D eigenvalue weighted by atomic mass is 16.3. The summed E-state index contributed by atoms with van der Waals surface area (Å²) < 4.78 is 5.29. The Kier molecular flexibility index (Phi) is 5.56. The number of anilines is 3. The van der Waals surface area contributed by atoms with Crippen LogP contribution in [-0.4, -0.2) is 31.4 Å². The normalized spacial score (nSPS) is 19.0. The molecule has 3 aromatic rings. The fraction of sp³-hybridized carbons (Fsp3) is 0.333. The van der Waals surface area contributed by atoms with E-state index in [4.69, 9.17) is 4.42 Å². The van der Waals surface area contributed by atoms with E-state index >= 15 is 0 Å². The van der Waals surface area contributed by atoms with Crippen molar-refractivity contribution in [2.45, 2.75) is 45.1 Å². The van der Waals surface area contributed by atoms with Crippen LogP contribution in [0.2, 0.25) is 0 Å². The minimum atomic E-state index is -0.397. The molecule has 0 aliphatic carbocycles. The molecule has 6 nitrogen and oxygen atoms in total. The second-order valence-electron chi connectivity index (χ2n) is 9.75. The highest BCUT2D eigenvalue weighted by Crippen LogP contribution is 2.52. The zero-order valence-corrected chi connectivity index (χ0v) is 20.1. The molecule has 0 saturated heterocycles. The summed E-state index contributed by atoms with van der Waals surface area (Å²) in [6.45, 7) is 8.05. The van der Waals surface area contributed by atoms with Gasteiger partial charge in [0.05, 0.1) is 23.3 Å². The molecule has 1 unspecified atom stereocenters. The van der Waals surface area contributed by atoms with Crippen molar-refractivity contribution < 1.29 is 14.0 Å². The Hall–Kier alpha value is -3.54. The number of nitrogens with one attached hydrogen (secondary N) is 1. The Morgan fingerprint density at radius 2 is 1.73 bits per heavy atom. The lowest BCUT2D eigenvalue weighted by molar-refractivity contribution is -0.117. The van der Waals surface area contributed by atoms with Gasteiger partial charge in [0.2, 0.25) is 5.91 Å². The average Bonchev–Trinajstić information content (AvgIpc) is 3.28. The van der Waals surface area contributed by atoms with Crippen LogP contribution in [0.5, 0.6) is 0 Å². The number of hydrogen-bond acceptors (Lipinski definition) is 4. The lowest BCUT2D eigenvalue weighted by Gasteiger charge is -2.51. The number of furan rings is 1. The van der Waals surface area contributed by atoms with Gasteiger partial charge in [0.15, 0.2) is 5.76 Å². The topological polar surface area (TPSA) is 65.8 Å². The second-order valence-corrected chi connectivity index (χ2v) is 9.75. The number of fused-ring (bicyclic) bond motifs is 1. The van der Waals surface area contributed by atoms with E-state index in [1.54, 1.807) is 19.1 Å². The molecule has 4 rings (SSSR count). The first-order valence-electron chi connectivity index (χ1n) is 11.1. The number of carbonyl (C=O) groups is 2. The molecule has 1 atom stereocenters. The van der Waals surface area contributed by atoms with E-state index in [2.05, 4.69) is 38.2 Å². The minimum Gasteiger partial charge on any atom is -0.459 e. The van der Waals surface area contributed by atoms with Crippen LogP contribution in [0, 0.1) is 0 Å². The molecule has 1 aliphatic rings. The van der Waals surface area contributed by atoms with Crippen molar-refractivity contribution in [3.8, 4) is 0 Å². The van der Waals surface area contributed by atoms with E-state index in [-0.39, 0.29) is 23.0 Å². The monoisotopic (exact) mass is 445 g/mol. The van der Waals surface area contributed by atoms with E-state index in [0.29, 0.717) is 5.69 Å². The van der Waals surface area contributed by atoms with Gasteiger partial charge in [-0.1, -0.05) is 37.3 Å². The predicted molar refractivity (Wildman–Crippen MR) is 132 cm³/mol. The van der Waals surface area contributed by atoms with Crippen LogP contribution >= 0.6 is 0 Å². The van der Waals surface area contributed by atoms with Crippen LogP contribution in [0.4, 0.5) is 17.1 Å². The number of amides is 2. The highest BCUT2D eigenvalue weighted by Gasteiger charge is 2.47. The first-order chi connectivity index (χ1) is 15.5. The largest absolute Gasteiger partial charge is 0.459 e. The smallest absolute Gasteiger partial charge is 0.291 e. The number of hydrogen-bond donors (Lipinski definition) is 1. The molecule has 2 heterocycles. The maximum Gasteiger partial charge on any atom is 0.291 e. The molecule has 0 spiro atoms. The summed E-state index contributed by atoms with van der Waals surface area (Å²) in [5, 5.41) is 3.02. The van der Waals surface area contributed by atoms with Crippen LogP contribution in [0.15, 0.2) is 65.3 Å². The quantitative estimate of drug-likeness (QED) is 0.581. The Labute approximate surface area is 195 Å². The molecule has 0 bridgehead atoms. The third-order valence-electron chi connectivity index (χ3n) is 6.54. The van der Waals surface area contributed by atoms with Gasteiger partial charge < -0.3 is 19.5 Å². The molecule has 1 aliphatic heterocycles. The van der Waals surface area contributed by atoms with Gasteiger partial charge >= 0.3 is 0 Å². The lowest BCUT2D eigenvalue weighted by atomic mass is 9.65. The molecule has 172 valence electrons. The van der Waals surface area contributed by atoms with Gasteiger partial charge in [0.25, 0.3) is 5.91 Å². The molecule has 1 aromatic heterocycles. The van der Waals surface area contributed by atoms with Crippen molar-refractivity contribution in [2.75, 3.05) is 29.2 Å². The Morgan fingerprint density at radius 1 is 1.03 bits per heavy atom. The van der Waals surface area contributed by atoms with Gasteiger partial charge in [-0.2, -0.15) is 0 Å². The van der Waals surface area contributed by atoms with Crippen LogP contribution in [0.25, 0.3) is 0 Å². The standard InChI is InChI=1S/C27H31N3O3/c1-18(31)30-22-16-23(29(5)6)21(28-25(32)24-13-10-14-33-24)15-20(22)27(4,17-26(30,2)3)19-11-8-7-9-12-19/h7-16H,17H2,1-6H3,(H,28,32). The SMILES string of the molecule is CC(=O)N1c2cc(N(C)C)c(NC(=O)c3ccco3)cc2C(C)(c2ccccc2)CC1(C)C. The van der Waals surface area contributed by atoms with Crippen molar-refractivity contribution in [3.63, 3.8) is 0 Å². The van der Waals surface area contributed by atoms with Gasteiger partial charge in [-0.25, -0.2) is 0 Å². The van der Waals surface area contributed by atoms with Crippen LogP contribution in [0.3, 0.4) is 0 Å². The number of rotatable bonds is 4. The lowest BCUT2D eigenvalue weighted by Crippen LogP contribution is -2.55. The van der Waals surface area contributed by atoms with Crippen LogP contribution < -0.4 is 15.1 Å². The molecule has 2 amide bonds. The summed E-state index contributed by atoms with van der Waals surface area (Å²) >= 11 is 0. The summed E-state index contributed by atoms with van der Waals surface area (Å²) in [5.74, 6) is -0.0767. The Bertz CT molecular complexity index is 1180. The number of benzene rings is 2. The summed E-state index contributed by atoms with van der Waals surface area (Å²) in [7, 11) is 3.85. The summed E-state index contributed by atoms with van der Waals surface area (Å²) in [6.07, 6.45) is 2.22. The van der Waals surface area contributed by atoms with E-state index in [1.165, 1.54) is 11.8 Å². The summed E-state index contributed by atoms with van der Waals surface area (Å²) in [4.78, 5) is 29.5. The molecule has 0 fully saturated rings. The average molecular weight is 446 g/mol. The van der Waals surface area contributed by atoms with Gasteiger partial charge in [0.1, 0.15) is 0 Å². The fourth-order valence-corrected chi connectivity index (χ4v) is 5.29. The minimum absolute atomic E-state index is 0.00608. The van der Waals surface area contributed by atoms with Gasteiger partial charge in [-0.3, -0.25) is 9.59 Å². The first-order valence-corrected chi connectivity index (χ1v) is 11.1. The molecule has 33 heavy (non-hydrogen) atoms. The van der Waals surface area contributed by atoms with Crippen LogP contribution in [-0.2, 0) is 10.2 Å². The maximum absolute atomic E-state index is 12.9. The third-order valence-corrected chi connectivity index (χ3v) is 6.54. The van der Waals surface area contributed by atoms with Crippen molar-refractivity contribution in [3.05, 3.63) is 77.7 Å². The second kappa shape index (κ2) is 8.10. The predicted octanol–water partition coefficient (Wildman–Crippen LogP) is 5.44. The molecule has 6 heteroatoms. The first kappa shape index (κ1) is 22.6. The zero-order chi connectivity index (χ0) is 24.0. The molecule has 0 radical (unpaired) electrons. The van der Waals surface area contributed by atoms with E-state index in [0.717, 1.165) is 23.4 Å². The third kappa shape index (κ3) is 3.90. The Morgan fingerprint density at radius 3 is 2.30 bits per heavy atom. The van der Waals surface area contributed by atoms with Crippen LogP contribution in [0.1, 0.15) is 55.8 Å². The molecule has 0 saturated carbocycles. The van der Waals surface area contributed by atoms with E-state index in [9.17, 15) is 9.59 Å². The fourth-order valence-electron chi connectivity index (χ4n) is 5.29. The molecular weight excluding hydrogens is 414 g/mol. The molecule has 2 aromatic carbocycles. The van der Waals surface area contributed by atoms with Crippen molar-refractivity contribution in [1.29, 1.82) is 0 Å². The van der Waals surface area contributed by atoms with Gasteiger partial charge in [-0.15, -0.1) is 0 Å². The maximum atomic E-state index is 12.9. The van der Waals surface area contributed by atoms with E-state index < -0.39 is 5.54 Å². The van der Waals surface area contributed by atoms with Crippen molar-refractivity contribution in [2.24, 2.45) is 0 Å². The zero-order valence-electron chi connectivity index (χ0n) is 20.1. The van der Waals surface area contributed by atoms with Gasteiger partial charge in [-0.05, 0) is 55.7 Å². The van der Waals surface area contributed by atoms with Gasteiger partial charge in [0, 0.05) is 32.0 Å². The number of nitrogens with zero attached hydrogens (tertiary/aromatic N) is 2.